The number of hydrogen-bond donors (Lipinski definition) is 4. The molecule has 6 nitrogen and oxygen atoms in total. The van der Waals surface area contributed by atoms with E-state index in [4.69, 9.17) is 5.73 Å². The Morgan fingerprint density at radius 3 is 2.71 bits per heavy atom. The lowest BCUT2D eigenvalue weighted by Gasteiger charge is -2.25. The summed E-state index contributed by atoms with van der Waals surface area (Å²) in [6.07, 6.45) is 7.80. The van der Waals surface area contributed by atoms with E-state index in [1.54, 1.807) is 0 Å². The molecular weight excluding hydrogens is 304 g/mol. The van der Waals surface area contributed by atoms with Gasteiger partial charge in [-0.3, -0.25) is 4.79 Å². The van der Waals surface area contributed by atoms with Crippen molar-refractivity contribution in [2.45, 2.75) is 50.6 Å². The Bertz CT molecular complexity index is 719. The first-order valence-corrected chi connectivity index (χ1v) is 8.55. The molecule has 3 rings (SSSR count). The number of aromatic nitrogens is 1. The summed E-state index contributed by atoms with van der Waals surface area (Å²) in [6, 6.07) is 6.75. The highest BCUT2D eigenvalue weighted by Crippen LogP contribution is 2.20. The first-order valence-electron chi connectivity index (χ1n) is 8.55. The Morgan fingerprint density at radius 1 is 1.21 bits per heavy atom. The van der Waals surface area contributed by atoms with Crippen molar-refractivity contribution in [3.63, 3.8) is 0 Å². The van der Waals surface area contributed by atoms with Crippen molar-refractivity contribution in [2.24, 2.45) is 5.73 Å². The van der Waals surface area contributed by atoms with E-state index in [0.29, 0.717) is 6.42 Å². The van der Waals surface area contributed by atoms with Crippen molar-refractivity contribution >= 4 is 22.8 Å². The maximum atomic E-state index is 12.6. The largest absolute Gasteiger partial charge is 0.361 e. The van der Waals surface area contributed by atoms with Crippen LogP contribution < -0.4 is 16.4 Å². The fourth-order valence-corrected chi connectivity index (χ4v) is 3.45. The lowest BCUT2D eigenvalue weighted by atomic mass is 9.95. The molecule has 0 bridgehead atoms. The smallest absolute Gasteiger partial charge is 0.312 e. The Labute approximate surface area is 141 Å². The highest BCUT2D eigenvalue weighted by molar-refractivity contribution is 5.89. The summed E-state index contributed by atoms with van der Waals surface area (Å²) < 4.78 is 0. The summed E-state index contributed by atoms with van der Waals surface area (Å²) >= 11 is 0. The third kappa shape index (κ3) is 3.88. The number of primary amides is 1. The second-order valence-corrected chi connectivity index (χ2v) is 6.47. The lowest BCUT2D eigenvalue weighted by molar-refractivity contribution is -0.123. The Balaban J connectivity index is 1.73. The lowest BCUT2D eigenvalue weighted by Crippen LogP contribution is -2.52. The van der Waals surface area contributed by atoms with Crippen LogP contribution in [0.4, 0.5) is 4.79 Å². The second-order valence-electron chi connectivity index (χ2n) is 6.47. The molecule has 1 aliphatic carbocycles. The second kappa shape index (κ2) is 7.38. The van der Waals surface area contributed by atoms with Crippen molar-refractivity contribution in [1.82, 2.24) is 15.6 Å². The number of H-pyrrole nitrogens is 1. The molecular formula is C18H24N4O2. The predicted molar refractivity (Wildman–Crippen MR) is 93.5 cm³/mol. The number of nitrogens with two attached hydrogens (primary N) is 1. The summed E-state index contributed by atoms with van der Waals surface area (Å²) in [5.74, 6) is -0.161. The summed E-state index contributed by atoms with van der Waals surface area (Å²) in [4.78, 5) is 27.1. The maximum Gasteiger partial charge on any atom is 0.312 e. The minimum Gasteiger partial charge on any atom is -0.361 e. The number of carbonyl (C=O) groups excluding carboxylic acids is 2. The molecule has 2 aromatic rings. The molecule has 0 spiro atoms. The topological polar surface area (TPSA) is 100 Å². The van der Waals surface area contributed by atoms with E-state index in [9.17, 15) is 9.59 Å². The normalized spacial score (nSPS) is 16.7. The van der Waals surface area contributed by atoms with Gasteiger partial charge < -0.3 is 21.4 Å². The first-order chi connectivity index (χ1) is 11.6. The van der Waals surface area contributed by atoms with E-state index in [1.807, 2.05) is 30.5 Å². The van der Waals surface area contributed by atoms with E-state index >= 15 is 0 Å². The molecule has 0 radical (unpaired) electrons. The van der Waals surface area contributed by atoms with Crippen LogP contribution in [0.1, 0.15) is 37.7 Å². The van der Waals surface area contributed by atoms with Gasteiger partial charge in [0.25, 0.3) is 0 Å². The summed E-state index contributed by atoms with van der Waals surface area (Å²) in [6.45, 7) is 0. The van der Waals surface area contributed by atoms with Gasteiger partial charge in [-0.05, 0) is 24.5 Å². The average molecular weight is 328 g/mol. The number of urea groups is 1. The number of fused-ring (bicyclic) bond motifs is 1. The fourth-order valence-electron chi connectivity index (χ4n) is 3.45. The summed E-state index contributed by atoms with van der Waals surface area (Å²) in [7, 11) is 0. The number of benzene rings is 1. The Morgan fingerprint density at radius 2 is 1.96 bits per heavy atom. The van der Waals surface area contributed by atoms with E-state index in [-0.39, 0.29) is 11.9 Å². The molecule has 1 heterocycles. The van der Waals surface area contributed by atoms with Crippen LogP contribution in [0.15, 0.2) is 30.5 Å². The molecule has 1 aromatic heterocycles. The van der Waals surface area contributed by atoms with Crippen molar-refractivity contribution in [2.75, 3.05) is 0 Å². The average Bonchev–Trinajstić information content (AvgIpc) is 2.98. The van der Waals surface area contributed by atoms with Gasteiger partial charge >= 0.3 is 6.03 Å². The van der Waals surface area contributed by atoms with Gasteiger partial charge in [-0.1, -0.05) is 37.5 Å². The summed E-state index contributed by atoms with van der Waals surface area (Å²) in [5, 5.41) is 6.71. The number of aromatic amines is 1. The van der Waals surface area contributed by atoms with Gasteiger partial charge in [0.2, 0.25) is 5.91 Å². The van der Waals surface area contributed by atoms with Gasteiger partial charge in [-0.15, -0.1) is 0 Å². The van der Waals surface area contributed by atoms with Crippen LogP contribution in [0.25, 0.3) is 10.9 Å². The molecule has 1 aromatic carbocycles. The number of rotatable bonds is 5. The zero-order valence-electron chi connectivity index (χ0n) is 13.7. The van der Waals surface area contributed by atoms with Crippen molar-refractivity contribution < 1.29 is 9.59 Å². The van der Waals surface area contributed by atoms with E-state index in [1.165, 1.54) is 6.42 Å². The van der Waals surface area contributed by atoms with Crippen LogP contribution in [0.2, 0.25) is 0 Å². The first kappa shape index (κ1) is 16.4. The minimum atomic E-state index is -0.682. The molecule has 6 heteroatoms. The minimum absolute atomic E-state index is 0.161. The molecule has 5 N–H and O–H groups in total. The van der Waals surface area contributed by atoms with Crippen molar-refractivity contribution in [3.8, 4) is 0 Å². The number of hydrogen-bond acceptors (Lipinski definition) is 2. The molecule has 128 valence electrons. The fraction of sp³-hybridized carbons (Fsp3) is 0.444. The molecule has 1 atom stereocenters. The number of carbonyl (C=O) groups is 2. The van der Waals surface area contributed by atoms with Crippen LogP contribution in [0.5, 0.6) is 0 Å². The molecule has 1 saturated carbocycles. The van der Waals surface area contributed by atoms with Gasteiger partial charge in [0, 0.05) is 29.6 Å². The SMILES string of the molecule is NC(=O)N[C@@H](Cc1c[nH]c2ccccc12)C(=O)NC1CCCCC1. The molecule has 24 heavy (non-hydrogen) atoms. The third-order valence-electron chi connectivity index (χ3n) is 4.68. The monoisotopic (exact) mass is 328 g/mol. The predicted octanol–water partition coefficient (Wildman–Crippen LogP) is 2.20. The van der Waals surface area contributed by atoms with E-state index in [0.717, 1.165) is 42.1 Å². The number of nitrogens with one attached hydrogen (secondary N) is 3. The molecule has 0 unspecified atom stereocenters. The molecule has 0 aliphatic heterocycles. The molecule has 0 saturated heterocycles. The standard InChI is InChI=1S/C18H24N4O2/c19-18(24)22-16(17(23)21-13-6-2-1-3-7-13)10-12-11-20-15-9-5-4-8-14(12)15/h4-5,8-9,11,13,16,20H,1-3,6-7,10H2,(H,21,23)(H3,19,22,24)/t16-/m0/s1. The van der Waals surface area contributed by atoms with Crippen molar-refractivity contribution in [3.05, 3.63) is 36.0 Å². The van der Waals surface area contributed by atoms with Gasteiger partial charge in [0.15, 0.2) is 0 Å². The van der Waals surface area contributed by atoms with Crippen LogP contribution in [0, 0.1) is 0 Å². The highest BCUT2D eigenvalue weighted by Gasteiger charge is 2.24. The molecule has 3 amide bonds. The number of para-hydroxylation sites is 1. The Kier molecular flexibility index (Phi) is 5.03. The van der Waals surface area contributed by atoms with Gasteiger partial charge in [0.05, 0.1) is 0 Å². The maximum absolute atomic E-state index is 12.6. The summed E-state index contributed by atoms with van der Waals surface area (Å²) in [5.41, 5.74) is 7.27. The van der Waals surface area contributed by atoms with Gasteiger partial charge in [-0.25, -0.2) is 4.79 Å². The van der Waals surface area contributed by atoms with Crippen LogP contribution >= 0.6 is 0 Å². The third-order valence-corrected chi connectivity index (χ3v) is 4.68. The van der Waals surface area contributed by atoms with E-state index in [2.05, 4.69) is 15.6 Å². The highest BCUT2D eigenvalue weighted by atomic mass is 16.2. The quantitative estimate of drug-likeness (QED) is 0.676. The molecule has 1 aliphatic rings. The zero-order chi connectivity index (χ0) is 16.9. The zero-order valence-corrected chi connectivity index (χ0v) is 13.7. The number of amides is 3. The van der Waals surface area contributed by atoms with Crippen LogP contribution in [-0.4, -0.2) is 29.0 Å². The van der Waals surface area contributed by atoms with Gasteiger partial charge in [0.1, 0.15) is 6.04 Å². The van der Waals surface area contributed by atoms with Gasteiger partial charge in [-0.2, -0.15) is 0 Å². The van der Waals surface area contributed by atoms with E-state index < -0.39 is 12.1 Å². The van der Waals surface area contributed by atoms with Crippen molar-refractivity contribution in [1.29, 1.82) is 0 Å². The Hall–Kier alpha value is -2.50. The van der Waals surface area contributed by atoms with Crippen LogP contribution in [0.3, 0.4) is 0 Å². The molecule has 1 fully saturated rings. The van der Waals surface area contributed by atoms with Crippen LogP contribution in [-0.2, 0) is 11.2 Å².